The molecule has 1 heterocycles. The standard InChI is InChI=1S/C22H20ClN3O2S/c1-15-20(16(2)28-25-15)13-29-14-22(27)26(12-17-6-4-3-5-7-17)21-10-19(23)9-8-18(21)11-24/h3-10H,12-14H2,1-2H3. The Kier molecular flexibility index (Phi) is 6.97. The van der Waals surface area contributed by atoms with Crippen molar-refractivity contribution >= 4 is 35.0 Å². The third-order valence-electron chi connectivity index (χ3n) is 4.51. The number of hydrogen-bond donors (Lipinski definition) is 0. The van der Waals surface area contributed by atoms with E-state index in [9.17, 15) is 10.1 Å². The summed E-state index contributed by atoms with van der Waals surface area (Å²) < 4.78 is 5.18. The van der Waals surface area contributed by atoms with Crippen LogP contribution in [0.3, 0.4) is 0 Å². The van der Waals surface area contributed by atoms with Crippen molar-refractivity contribution in [1.29, 1.82) is 5.26 Å². The SMILES string of the molecule is Cc1noc(C)c1CSCC(=O)N(Cc1ccccc1)c1cc(Cl)ccc1C#N. The van der Waals surface area contributed by atoms with Crippen LogP contribution in [0.15, 0.2) is 53.1 Å². The summed E-state index contributed by atoms with van der Waals surface area (Å²) in [5.74, 6) is 1.57. The Morgan fingerprint density at radius 1 is 1.24 bits per heavy atom. The number of aryl methyl sites for hydroxylation is 2. The summed E-state index contributed by atoms with van der Waals surface area (Å²) >= 11 is 7.65. The van der Waals surface area contributed by atoms with E-state index in [-0.39, 0.29) is 11.7 Å². The van der Waals surface area contributed by atoms with E-state index in [0.717, 1.165) is 22.6 Å². The second-order valence-electron chi connectivity index (χ2n) is 6.53. The average molecular weight is 426 g/mol. The van der Waals surface area contributed by atoms with E-state index in [4.69, 9.17) is 16.1 Å². The molecule has 0 unspecified atom stereocenters. The lowest BCUT2D eigenvalue weighted by Gasteiger charge is -2.24. The van der Waals surface area contributed by atoms with Crippen LogP contribution in [0.5, 0.6) is 0 Å². The van der Waals surface area contributed by atoms with Gasteiger partial charge in [0, 0.05) is 16.3 Å². The van der Waals surface area contributed by atoms with Gasteiger partial charge in [-0.15, -0.1) is 11.8 Å². The Morgan fingerprint density at radius 2 is 2.00 bits per heavy atom. The quantitative estimate of drug-likeness (QED) is 0.514. The van der Waals surface area contributed by atoms with Crippen LogP contribution in [0.25, 0.3) is 0 Å². The van der Waals surface area contributed by atoms with Gasteiger partial charge in [0.15, 0.2) is 0 Å². The van der Waals surface area contributed by atoms with Crippen LogP contribution in [0.2, 0.25) is 5.02 Å². The Morgan fingerprint density at radius 3 is 2.66 bits per heavy atom. The van der Waals surface area contributed by atoms with Crippen LogP contribution in [0, 0.1) is 25.2 Å². The van der Waals surface area contributed by atoms with E-state index in [1.54, 1.807) is 23.1 Å². The predicted molar refractivity (Wildman–Crippen MR) is 116 cm³/mol. The molecule has 0 radical (unpaired) electrons. The lowest BCUT2D eigenvalue weighted by atomic mass is 10.1. The molecule has 0 N–H and O–H groups in total. The third-order valence-corrected chi connectivity index (χ3v) is 5.69. The average Bonchev–Trinajstić information content (AvgIpc) is 3.04. The fourth-order valence-electron chi connectivity index (χ4n) is 2.92. The van der Waals surface area contributed by atoms with Gasteiger partial charge in [0.25, 0.3) is 0 Å². The van der Waals surface area contributed by atoms with E-state index in [0.29, 0.717) is 28.6 Å². The second-order valence-corrected chi connectivity index (χ2v) is 7.96. The summed E-state index contributed by atoms with van der Waals surface area (Å²) in [6, 6.07) is 16.8. The number of aromatic nitrogens is 1. The molecule has 0 saturated heterocycles. The van der Waals surface area contributed by atoms with Crippen LogP contribution in [0.4, 0.5) is 5.69 Å². The van der Waals surface area contributed by atoms with E-state index in [2.05, 4.69) is 11.2 Å². The summed E-state index contributed by atoms with van der Waals surface area (Å²) in [7, 11) is 0. The molecule has 1 amide bonds. The number of carbonyl (C=O) groups is 1. The predicted octanol–water partition coefficient (Wildman–Crippen LogP) is 5.28. The van der Waals surface area contributed by atoms with Gasteiger partial charge in [0.1, 0.15) is 11.8 Å². The molecule has 148 valence electrons. The molecule has 2 aromatic carbocycles. The minimum atomic E-state index is -0.0932. The van der Waals surface area contributed by atoms with Crippen LogP contribution < -0.4 is 4.90 Å². The topological polar surface area (TPSA) is 70.1 Å². The number of amides is 1. The maximum Gasteiger partial charge on any atom is 0.237 e. The van der Waals surface area contributed by atoms with E-state index in [1.165, 1.54) is 11.8 Å². The maximum atomic E-state index is 13.1. The van der Waals surface area contributed by atoms with Crippen molar-refractivity contribution in [1.82, 2.24) is 5.16 Å². The Labute approximate surface area is 179 Å². The molecule has 0 spiro atoms. The lowest BCUT2D eigenvalue weighted by Crippen LogP contribution is -2.32. The lowest BCUT2D eigenvalue weighted by molar-refractivity contribution is -0.116. The summed E-state index contributed by atoms with van der Waals surface area (Å²) in [5.41, 5.74) is 3.75. The highest BCUT2D eigenvalue weighted by molar-refractivity contribution is 7.99. The first-order valence-corrected chi connectivity index (χ1v) is 10.6. The first kappa shape index (κ1) is 21.0. The summed E-state index contributed by atoms with van der Waals surface area (Å²) in [5, 5.41) is 13.9. The van der Waals surface area contributed by atoms with E-state index >= 15 is 0 Å². The molecule has 0 fully saturated rings. The van der Waals surface area contributed by atoms with Gasteiger partial charge in [0.2, 0.25) is 5.91 Å². The van der Waals surface area contributed by atoms with Gasteiger partial charge in [-0.2, -0.15) is 5.26 Å². The Balaban J connectivity index is 1.82. The zero-order valence-corrected chi connectivity index (χ0v) is 17.8. The normalized spacial score (nSPS) is 10.6. The van der Waals surface area contributed by atoms with Gasteiger partial charge in [-0.05, 0) is 37.6 Å². The van der Waals surface area contributed by atoms with Crippen molar-refractivity contribution in [2.45, 2.75) is 26.1 Å². The van der Waals surface area contributed by atoms with Crippen molar-refractivity contribution in [3.63, 3.8) is 0 Å². The number of nitriles is 1. The zero-order valence-electron chi connectivity index (χ0n) is 16.2. The third kappa shape index (κ3) is 5.20. The molecule has 0 bridgehead atoms. The smallest absolute Gasteiger partial charge is 0.237 e. The zero-order chi connectivity index (χ0) is 20.8. The largest absolute Gasteiger partial charge is 0.361 e. The summed E-state index contributed by atoms with van der Waals surface area (Å²) in [6.45, 7) is 4.12. The molecule has 29 heavy (non-hydrogen) atoms. The highest BCUT2D eigenvalue weighted by Gasteiger charge is 2.20. The Bertz CT molecular complexity index is 1020. The molecule has 0 aliphatic carbocycles. The number of hydrogen-bond acceptors (Lipinski definition) is 5. The van der Waals surface area contributed by atoms with E-state index < -0.39 is 0 Å². The molecule has 0 aliphatic heterocycles. The molecular formula is C22H20ClN3O2S. The first-order chi connectivity index (χ1) is 14.0. The molecule has 1 aromatic heterocycles. The summed E-state index contributed by atoms with van der Waals surface area (Å²) in [6.07, 6.45) is 0. The van der Waals surface area contributed by atoms with Crippen LogP contribution >= 0.6 is 23.4 Å². The molecule has 3 rings (SSSR count). The van der Waals surface area contributed by atoms with Crippen molar-refractivity contribution in [2.24, 2.45) is 0 Å². The van der Waals surface area contributed by atoms with Gasteiger partial charge in [-0.25, -0.2) is 0 Å². The fourth-order valence-corrected chi connectivity index (χ4v) is 4.14. The fraction of sp³-hybridized carbons (Fsp3) is 0.227. The van der Waals surface area contributed by atoms with Gasteiger partial charge >= 0.3 is 0 Å². The van der Waals surface area contributed by atoms with Crippen LogP contribution in [-0.4, -0.2) is 16.8 Å². The molecule has 0 aliphatic rings. The molecule has 0 saturated carbocycles. The second kappa shape index (κ2) is 9.64. The maximum absolute atomic E-state index is 13.1. The highest BCUT2D eigenvalue weighted by atomic mass is 35.5. The summed E-state index contributed by atoms with van der Waals surface area (Å²) in [4.78, 5) is 14.8. The van der Waals surface area contributed by atoms with Gasteiger partial charge in [0.05, 0.1) is 29.2 Å². The number of benzene rings is 2. The molecular weight excluding hydrogens is 406 g/mol. The van der Waals surface area contributed by atoms with Crippen LogP contribution in [-0.2, 0) is 17.1 Å². The number of anilines is 1. The first-order valence-electron chi connectivity index (χ1n) is 9.03. The van der Waals surface area contributed by atoms with Gasteiger partial charge < -0.3 is 9.42 Å². The highest BCUT2D eigenvalue weighted by Crippen LogP contribution is 2.28. The number of thioether (sulfide) groups is 1. The number of rotatable bonds is 7. The molecule has 0 atom stereocenters. The van der Waals surface area contributed by atoms with Crippen molar-refractivity contribution in [3.05, 3.63) is 81.7 Å². The van der Waals surface area contributed by atoms with Crippen molar-refractivity contribution in [3.8, 4) is 6.07 Å². The molecule has 5 nitrogen and oxygen atoms in total. The van der Waals surface area contributed by atoms with Crippen LogP contribution in [0.1, 0.15) is 28.1 Å². The van der Waals surface area contributed by atoms with Gasteiger partial charge in [-0.3, -0.25) is 4.79 Å². The number of nitrogens with zero attached hydrogens (tertiary/aromatic N) is 3. The van der Waals surface area contributed by atoms with E-state index in [1.807, 2.05) is 44.2 Å². The Hall–Kier alpha value is -2.75. The minimum Gasteiger partial charge on any atom is -0.361 e. The number of carbonyl (C=O) groups excluding carboxylic acids is 1. The van der Waals surface area contributed by atoms with Crippen molar-refractivity contribution in [2.75, 3.05) is 10.7 Å². The molecule has 7 heteroatoms. The van der Waals surface area contributed by atoms with Gasteiger partial charge in [-0.1, -0.05) is 47.1 Å². The monoisotopic (exact) mass is 425 g/mol. The molecule has 3 aromatic rings. The minimum absolute atomic E-state index is 0.0932. The number of halogens is 1. The van der Waals surface area contributed by atoms with Crippen molar-refractivity contribution < 1.29 is 9.32 Å².